The van der Waals surface area contributed by atoms with Crippen molar-refractivity contribution in [2.45, 2.75) is 11.9 Å². The quantitative estimate of drug-likeness (QED) is 0.475. The first-order chi connectivity index (χ1) is 5.65. The van der Waals surface area contributed by atoms with E-state index >= 15 is 0 Å². The smallest absolute Gasteiger partial charge is 0.178 e. The molecule has 12 heavy (non-hydrogen) atoms. The van der Waals surface area contributed by atoms with E-state index in [1.165, 1.54) is 19.1 Å². The summed E-state index contributed by atoms with van der Waals surface area (Å²) in [6.45, 7) is 1.41. The Hall–Kier alpha value is -1.47. The van der Waals surface area contributed by atoms with Crippen molar-refractivity contribution in [3.05, 3.63) is 23.4 Å². The third-order valence-electron chi connectivity index (χ3n) is 1.34. The van der Waals surface area contributed by atoms with Gasteiger partial charge >= 0.3 is 0 Å². The summed E-state index contributed by atoms with van der Waals surface area (Å²) in [5.41, 5.74) is 0.633. The number of nitrogens with zero attached hydrogens (tertiary/aromatic N) is 2. The summed E-state index contributed by atoms with van der Waals surface area (Å²) in [5.74, 6) is -0.148. The van der Waals surface area contributed by atoms with Gasteiger partial charge in [0.25, 0.3) is 0 Å². The SMILES string of the molecule is CC(=O)c1ccc(C#N)c([S-])n1. The van der Waals surface area contributed by atoms with Crippen LogP contribution in [0.1, 0.15) is 23.0 Å². The average molecular weight is 177 g/mol. The molecule has 0 bridgehead atoms. The van der Waals surface area contributed by atoms with Crippen LogP contribution >= 0.6 is 0 Å². The maximum absolute atomic E-state index is 10.8. The first-order valence-electron chi connectivity index (χ1n) is 3.24. The van der Waals surface area contributed by atoms with Crippen LogP contribution in [0.25, 0.3) is 0 Å². The van der Waals surface area contributed by atoms with Gasteiger partial charge in [-0.2, -0.15) is 5.26 Å². The number of Topliss-reactive ketones (excluding diaryl/α,β-unsaturated/α-hetero) is 1. The largest absolute Gasteiger partial charge is 0.759 e. The Bertz CT molecular complexity index is 368. The van der Waals surface area contributed by atoms with Crippen molar-refractivity contribution >= 4 is 18.4 Å². The normalized spacial score (nSPS) is 9.00. The number of aromatic nitrogens is 1. The first-order valence-corrected chi connectivity index (χ1v) is 3.65. The van der Waals surface area contributed by atoms with Gasteiger partial charge in [0.2, 0.25) is 0 Å². The van der Waals surface area contributed by atoms with Crippen molar-refractivity contribution in [3.63, 3.8) is 0 Å². The van der Waals surface area contributed by atoms with Crippen molar-refractivity contribution in [1.82, 2.24) is 4.98 Å². The molecule has 0 fully saturated rings. The number of ketones is 1. The molecule has 0 aliphatic heterocycles. The summed E-state index contributed by atoms with van der Waals surface area (Å²) in [6, 6.07) is 4.89. The molecule has 0 aliphatic rings. The van der Waals surface area contributed by atoms with Crippen molar-refractivity contribution in [3.8, 4) is 6.07 Å². The van der Waals surface area contributed by atoms with E-state index in [0.717, 1.165) is 0 Å². The average Bonchev–Trinajstić information content (AvgIpc) is 2.04. The number of pyridine rings is 1. The van der Waals surface area contributed by atoms with Crippen LogP contribution in [0.15, 0.2) is 17.2 Å². The maximum atomic E-state index is 10.8. The lowest BCUT2D eigenvalue weighted by molar-refractivity contribution is 0.101. The van der Waals surface area contributed by atoms with Crippen LogP contribution in [-0.2, 0) is 12.6 Å². The third kappa shape index (κ3) is 1.57. The van der Waals surface area contributed by atoms with Gasteiger partial charge in [0, 0.05) is 6.92 Å². The maximum Gasteiger partial charge on any atom is 0.178 e. The third-order valence-corrected chi connectivity index (χ3v) is 1.65. The molecular formula is C8H5N2OS-. The van der Waals surface area contributed by atoms with Crippen molar-refractivity contribution in [1.29, 1.82) is 5.26 Å². The van der Waals surface area contributed by atoms with E-state index in [4.69, 9.17) is 17.9 Å². The highest BCUT2D eigenvalue weighted by Crippen LogP contribution is 2.05. The fraction of sp³-hybridized carbons (Fsp3) is 0.125. The molecule has 0 saturated heterocycles. The van der Waals surface area contributed by atoms with E-state index in [1.54, 1.807) is 0 Å². The lowest BCUT2D eigenvalue weighted by Gasteiger charge is -2.07. The highest BCUT2D eigenvalue weighted by molar-refractivity contribution is 7.58. The fourth-order valence-corrected chi connectivity index (χ4v) is 0.934. The molecule has 4 heteroatoms. The zero-order valence-electron chi connectivity index (χ0n) is 6.37. The van der Waals surface area contributed by atoms with Crippen LogP contribution < -0.4 is 0 Å². The number of rotatable bonds is 1. The molecule has 1 rings (SSSR count). The summed E-state index contributed by atoms with van der Waals surface area (Å²) in [7, 11) is 0. The molecule has 0 amide bonds. The van der Waals surface area contributed by atoms with E-state index in [9.17, 15) is 4.79 Å². The minimum absolute atomic E-state index is 0.148. The number of carbonyl (C=O) groups excluding carboxylic acids is 1. The predicted molar refractivity (Wildman–Crippen MR) is 44.6 cm³/mol. The van der Waals surface area contributed by atoms with Gasteiger partial charge in [0.1, 0.15) is 5.69 Å². The summed E-state index contributed by atoms with van der Waals surface area (Å²) in [5, 5.41) is 8.69. The van der Waals surface area contributed by atoms with E-state index in [1.807, 2.05) is 6.07 Å². The van der Waals surface area contributed by atoms with Gasteiger partial charge < -0.3 is 12.6 Å². The molecule has 0 atom stereocenters. The monoisotopic (exact) mass is 177 g/mol. The second kappa shape index (κ2) is 3.28. The molecule has 0 saturated carbocycles. The highest BCUT2D eigenvalue weighted by atomic mass is 32.1. The Balaban J connectivity index is 3.21. The number of carbonyl (C=O) groups is 1. The minimum atomic E-state index is -0.148. The number of hydrogen-bond acceptors (Lipinski definition) is 4. The molecular weight excluding hydrogens is 172 g/mol. The van der Waals surface area contributed by atoms with Gasteiger partial charge in [-0.05, 0) is 12.1 Å². The number of hydrogen-bond donors (Lipinski definition) is 0. The number of nitriles is 1. The minimum Gasteiger partial charge on any atom is -0.759 e. The Morgan fingerprint density at radius 2 is 2.33 bits per heavy atom. The van der Waals surface area contributed by atoms with Crippen LogP contribution in [0.4, 0.5) is 0 Å². The summed E-state index contributed by atoms with van der Waals surface area (Å²) in [6.07, 6.45) is 0. The second-order valence-electron chi connectivity index (χ2n) is 2.22. The molecule has 1 heterocycles. The van der Waals surface area contributed by atoms with Crippen LogP contribution in [0.2, 0.25) is 0 Å². The van der Waals surface area contributed by atoms with Crippen LogP contribution in [-0.4, -0.2) is 10.8 Å². The highest BCUT2D eigenvalue weighted by Gasteiger charge is 2.00. The van der Waals surface area contributed by atoms with E-state index in [0.29, 0.717) is 11.3 Å². The van der Waals surface area contributed by atoms with Gasteiger partial charge in [-0.15, -0.1) is 0 Å². The van der Waals surface area contributed by atoms with Gasteiger partial charge in [-0.3, -0.25) is 9.78 Å². The lowest BCUT2D eigenvalue weighted by Crippen LogP contribution is -1.98. The van der Waals surface area contributed by atoms with E-state index in [2.05, 4.69) is 4.98 Å². The Morgan fingerprint density at radius 3 is 2.75 bits per heavy atom. The van der Waals surface area contributed by atoms with Gasteiger partial charge in [0.05, 0.1) is 11.6 Å². The summed E-state index contributed by atoms with van der Waals surface area (Å²) < 4.78 is 0. The molecule has 0 unspecified atom stereocenters. The molecule has 0 radical (unpaired) electrons. The molecule has 0 aliphatic carbocycles. The Kier molecular flexibility index (Phi) is 2.36. The van der Waals surface area contributed by atoms with E-state index < -0.39 is 0 Å². The van der Waals surface area contributed by atoms with Crippen molar-refractivity contribution in [2.75, 3.05) is 0 Å². The Morgan fingerprint density at radius 1 is 1.67 bits per heavy atom. The second-order valence-corrected chi connectivity index (χ2v) is 2.60. The molecule has 0 N–H and O–H groups in total. The lowest BCUT2D eigenvalue weighted by atomic mass is 10.2. The molecule has 3 nitrogen and oxygen atoms in total. The topological polar surface area (TPSA) is 53.8 Å². The summed E-state index contributed by atoms with van der Waals surface area (Å²) >= 11 is 4.77. The fourth-order valence-electron chi connectivity index (χ4n) is 0.722. The van der Waals surface area contributed by atoms with Gasteiger partial charge in [-0.25, -0.2) is 0 Å². The predicted octanol–water partition coefficient (Wildman–Crippen LogP) is 1.06. The molecule has 0 aromatic carbocycles. The zero-order chi connectivity index (χ0) is 9.14. The van der Waals surface area contributed by atoms with Crippen LogP contribution in [0.5, 0.6) is 0 Å². The first kappa shape index (κ1) is 8.62. The zero-order valence-corrected chi connectivity index (χ0v) is 7.18. The van der Waals surface area contributed by atoms with Crippen molar-refractivity contribution < 1.29 is 4.79 Å². The van der Waals surface area contributed by atoms with Crippen LogP contribution in [0.3, 0.4) is 0 Å². The standard InChI is InChI=1S/C8H6N2OS/c1-5(11)7-3-2-6(4-9)8(12)10-7/h2-3H,1H3,(H,10,12)/p-1. The molecule has 1 aromatic heterocycles. The van der Waals surface area contributed by atoms with Gasteiger partial charge in [-0.1, -0.05) is 5.03 Å². The summed E-state index contributed by atoms with van der Waals surface area (Å²) in [4.78, 5) is 14.6. The van der Waals surface area contributed by atoms with Crippen molar-refractivity contribution in [2.24, 2.45) is 0 Å². The molecule has 60 valence electrons. The van der Waals surface area contributed by atoms with Gasteiger partial charge in [0.15, 0.2) is 5.78 Å². The molecule has 0 spiro atoms. The van der Waals surface area contributed by atoms with Crippen LogP contribution in [0, 0.1) is 11.3 Å². The Labute approximate surface area is 75.5 Å². The van der Waals surface area contributed by atoms with E-state index in [-0.39, 0.29) is 10.8 Å². The molecule has 1 aromatic rings.